The summed E-state index contributed by atoms with van der Waals surface area (Å²) in [5.74, 6) is 0.230. The first-order valence-corrected chi connectivity index (χ1v) is 8.99. The first-order valence-electron chi connectivity index (χ1n) is 7.43. The number of hydrogen-bond donors (Lipinski definition) is 2. The molecule has 0 radical (unpaired) electrons. The summed E-state index contributed by atoms with van der Waals surface area (Å²) in [5.41, 5.74) is 2.33. The van der Waals surface area contributed by atoms with Crippen LogP contribution < -0.4 is 5.32 Å². The molecule has 22 heavy (non-hydrogen) atoms. The Morgan fingerprint density at radius 3 is 2.27 bits per heavy atom. The predicted octanol–water partition coefficient (Wildman–Crippen LogP) is 2.68. The molecule has 0 unspecified atom stereocenters. The van der Waals surface area contributed by atoms with Crippen LogP contribution in [0.4, 0.5) is 0 Å². The van der Waals surface area contributed by atoms with E-state index in [2.05, 4.69) is 24.4 Å². The Labute approximate surface area is 134 Å². The smallest absolute Gasteiger partial charge is 0.0590 e. The molecule has 0 amide bonds. The zero-order valence-electron chi connectivity index (χ0n) is 13.0. The van der Waals surface area contributed by atoms with Crippen LogP contribution in [0.3, 0.4) is 0 Å². The minimum absolute atomic E-state index is 0.00221. The molecule has 3 nitrogen and oxygen atoms in total. The number of aliphatic hydroxyl groups is 1. The second kappa shape index (κ2) is 8.22. The molecule has 0 spiro atoms. The molecule has 2 aromatic carbocycles. The van der Waals surface area contributed by atoms with Gasteiger partial charge in [0.15, 0.2) is 0 Å². The molecule has 2 N–H and O–H groups in total. The Balaban J connectivity index is 1.97. The third kappa shape index (κ3) is 4.50. The molecule has 2 aromatic rings. The van der Waals surface area contributed by atoms with E-state index in [9.17, 15) is 9.32 Å². The van der Waals surface area contributed by atoms with Crippen LogP contribution in [0, 0.1) is 0 Å². The van der Waals surface area contributed by atoms with Gasteiger partial charge in [-0.3, -0.25) is 4.21 Å². The van der Waals surface area contributed by atoms with Gasteiger partial charge in [0.2, 0.25) is 0 Å². The molecule has 2 rings (SSSR count). The third-order valence-corrected chi connectivity index (χ3v) is 4.89. The van der Waals surface area contributed by atoms with Crippen LogP contribution in [0.2, 0.25) is 0 Å². The van der Waals surface area contributed by atoms with Gasteiger partial charge >= 0.3 is 0 Å². The Hall–Kier alpha value is -1.49. The standard InChI is InChI=1S/C18H23NO2S/c1-14(16-6-4-3-5-7-16)18(13-20)19-12-15-8-10-17(11-9-15)22(2)21/h3-11,14,18-20H,12-13H2,1-2H3/t14-,18-,22+/m1/s1. The molecule has 3 atom stereocenters. The van der Waals surface area contributed by atoms with Crippen LogP contribution >= 0.6 is 0 Å². The van der Waals surface area contributed by atoms with E-state index in [1.54, 1.807) is 6.26 Å². The summed E-state index contributed by atoms with van der Waals surface area (Å²) in [5, 5.41) is 13.1. The van der Waals surface area contributed by atoms with Gasteiger partial charge in [0, 0.05) is 34.5 Å². The maximum absolute atomic E-state index is 11.4. The van der Waals surface area contributed by atoms with E-state index >= 15 is 0 Å². The fourth-order valence-corrected chi connectivity index (χ4v) is 2.96. The van der Waals surface area contributed by atoms with Crippen molar-refractivity contribution in [3.05, 3.63) is 65.7 Å². The Morgan fingerprint density at radius 1 is 1.09 bits per heavy atom. The quantitative estimate of drug-likeness (QED) is 0.825. The van der Waals surface area contributed by atoms with E-state index in [0.717, 1.165) is 10.5 Å². The SMILES string of the molecule is C[C@H](c1ccccc1)[C@@H](CO)NCc1ccc([S@](C)=O)cc1. The highest BCUT2D eigenvalue weighted by Gasteiger charge is 2.17. The highest BCUT2D eigenvalue weighted by Crippen LogP contribution is 2.19. The van der Waals surface area contributed by atoms with Crippen LogP contribution in [-0.2, 0) is 17.3 Å². The van der Waals surface area contributed by atoms with Crippen LogP contribution in [-0.4, -0.2) is 28.2 Å². The van der Waals surface area contributed by atoms with Gasteiger partial charge in [-0.25, -0.2) is 0 Å². The summed E-state index contributed by atoms with van der Waals surface area (Å²) >= 11 is 0. The summed E-state index contributed by atoms with van der Waals surface area (Å²) in [6.45, 7) is 2.89. The lowest BCUT2D eigenvalue weighted by Crippen LogP contribution is -2.36. The highest BCUT2D eigenvalue weighted by atomic mass is 32.2. The topological polar surface area (TPSA) is 49.3 Å². The van der Waals surface area contributed by atoms with Crippen molar-refractivity contribution in [1.29, 1.82) is 0 Å². The van der Waals surface area contributed by atoms with Crippen molar-refractivity contribution in [2.45, 2.75) is 30.3 Å². The van der Waals surface area contributed by atoms with Crippen LogP contribution in [0.15, 0.2) is 59.5 Å². The van der Waals surface area contributed by atoms with E-state index in [1.807, 2.05) is 42.5 Å². The number of nitrogens with one attached hydrogen (secondary N) is 1. The zero-order valence-corrected chi connectivity index (χ0v) is 13.8. The van der Waals surface area contributed by atoms with Crippen LogP contribution in [0.25, 0.3) is 0 Å². The van der Waals surface area contributed by atoms with Crippen molar-refractivity contribution in [3.8, 4) is 0 Å². The monoisotopic (exact) mass is 317 g/mol. The molecular formula is C18H23NO2S. The Kier molecular flexibility index (Phi) is 6.31. The third-order valence-electron chi connectivity index (χ3n) is 3.95. The molecule has 0 aliphatic heterocycles. The lowest BCUT2D eigenvalue weighted by Gasteiger charge is -2.24. The molecule has 0 fully saturated rings. The van der Waals surface area contributed by atoms with Gasteiger partial charge in [0.05, 0.1) is 6.61 Å². The fourth-order valence-electron chi connectivity index (χ4n) is 2.44. The van der Waals surface area contributed by atoms with Gasteiger partial charge in [0.1, 0.15) is 0 Å². The number of aliphatic hydroxyl groups excluding tert-OH is 1. The average molecular weight is 317 g/mol. The lowest BCUT2D eigenvalue weighted by molar-refractivity contribution is 0.225. The van der Waals surface area contributed by atoms with E-state index < -0.39 is 10.8 Å². The molecule has 0 heterocycles. The second-order valence-corrected chi connectivity index (χ2v) is 6.85. The van der Waals surface area contributed by atoms with Gasteiger partial charge in [-0.1, -0.05) is 49.4 Å². The van der Waals surface area contributed by atoms with E-state index in [1.165, 1.54) is 5.56 Å². The van der Waals surface area contributed by atoms with Crippen molar-refractivity contribution in [1.82, 2.24) is 5.32 Å². The van der Waals surface area contributed by atoms with Gasteiger partial charge in [-0.2, -0.15) is 0 Å². The molecule has 0 aliphatic carbocycles. The molecule has 4 heteroatoms. The number of benzene rings is 2. The predicted molar refractivity (Wildman–Crippen MR) is 91.3 cm³/mol. The summed E-state index contributed by atoms with van der Waals surface area (Å²) in [4.78, 5) is 0.833. The number of hydrogen-bond acceptors (Lipinski definition) is 3. The molecule has 0 saturated carbocycles. The molecule has 118 valence electrons. The van der Waals surface area contributed by atoms with Crippen molar-refractivity contribution in [2.24, 2.45) is 0 Å². The van der Waals surface area contributed by atoms with Gasteiger partial charge in [-0.15, -0.1) is 0 Å². The molecular weight excluding hydrogens is 294 g/mol. The van der Waals surface area contributed by atoms with Crippen LogP contribution in [0.5, 0.6) is 0 Å². The highest BCUT2D eigenvalue weighted by molar-refractivity contribution is 7.84. The van der Waals surface area contributed by atoms with Crippen molar-refractivity contribution < 1.29 is 9.32 Å². The zero-order chi connectivity index (χ0) is 15.9. The summed E-state index contributed by atoms with van der Waals surface area (Å²) in [6, 6.07) is 17.9. The molecule has 0 aliphatic rings. The molecule has 0 bridgehead atoms. The summed E-state index contributed by atoms with van der Waals surface area (Å²) in [6.07, 6.45) is 1.68. The normalized spacial score (nSPS) is 15.2. The first-order chi connectivity index (χ1) is 10.6. The minimum atomic E-state index is -0.944. The molecule has 0 aromatic heterocycles. The minimum Gasteiger partial charge on any atom is -0.395 e. The van der Waals surface area contributed by atoms with Crippen molar-refractivity contribution in [2.75, 3.05) is 12.9 Å². The summed E-state index contributed by atoms with van der Waals surface area (Å²) in [7, 11) is -0.944. The fraction of sp³-hybridized carbons (Fsp3) is 0.333. The van der Waals surface area contributed by atoms with Gasteiger partial charge in [-0.05, 0) is 29.2 Å². The first kappa shape index (κ1) is 16.9. The van der Waals surface area contributed by atoms with Crippen molar-refractivity contribution in [3.63, 3.8) is 0 Å². The molecule has 0 saturated heterocycles. The number of rotatable bonds is 7. The summed E-state index contributed by atoms with van der Waals surface area (Å²) < 4.78 is 11.4. The Bertz CT molecular complexity index is 598. The van der Waals surface area contributed by atoms with E-state index in [4.69, 9.17) is 0 Å². The van der Waals surface area contributed by atoms with Gasteiger partial charge in [0.25, 0.3) is 0 Å². The average Bonchev–Trinajstić information content (AvgIpc) is 2.56. The maximum atomic E-state index is 11.4. The Morgan fingerprint density at radius 2 is 1.73 bits per heavy atom. The van der Waals surface area contributed by atoms with E-state index in [-0.39, 0.29) is 18.6 Å². The van der Waals surface area contributed by atoms with E-state index in [0.29, 0.717) is 6.54 Å². The maximum Gasteiger partial charge on any atom is 0.0590 e. The van der Waals surface area contributed by atoms with Crippen molar-refractivity contribution >= 4 is 10.8 Å². The van der Waals surface area contributed by atoms with Gasteiger partial charge < -0.3 is 10.4 Å². The second-order valence-electron chi connectivity index (χ2n) is 5.47. The lowest BCUT2D eigenvalue weighted by atomic mass is 9.93. The largest absolute Gasteiger partial charge is 0.395 e. The van der Waals surface area contributed by atoms with Crippen LogP contribution in [0.1, 0.15) is 24.0 Å².